The van der Waals surface area contributed by atoms with Crippen LogP contribution in [0.4, 0.5) is 27.8 Å². The number of anilines is 1. The minimum atomic E-state index is -2.96. The van der Waals surface area contributed by atoms with Gasteiger partial charge in [0.05, 0.1) is 29.0 Å². The molecular formula is C26H28F5N5O2. The summed E-state index contributed by atoms with van der Waals surface area (Å²) < 4.78 is 73.3. The fraction of sp³-hybridized carbons (Fsp3) is 0.462. The Bertz CT molecular complexity index is 1310. The van der Waals surface area contributed by atoms with Crippen LogP contribution in [0.3, 0.4) is 0 Å². The van der Waals surface area contributed by atoms with E-state index in [4.69, 9.17) is 4.74 Å². The van der Waals surface area contributed by atoms with Gasteiger partial charge in [-0.05, 0) is 32.8 Å². The number of alkyl halides is 4. The number of likely N-dealkylation sites (tertiary alicyclic amines) is 1. The molecule has 1 aliphatic rings. The van der Waals surface area contributed by atoms with Crippen molar-refractivity contribution < 1.29 is 31.5 Å². The number of amides is 1. The number of carbonyl (C=O) groups excluding carboxylic acids is 1. The Morgan fingerprint density at radius 3 is 2.47 bits per heavy atom. The van der Waals surface area contributed by atoms with Crippen LogP contribution in [0.25, 0.3) is 10.9 Å². The van der Waals surface area contributed by atoms with Gasteiger partial charge in [0.15, 0.2) is 0 Å². The molecule has 0 saturated carbocycles. The zero-order valence-corrected chi connectivity index (χ0v) is 21.1. The van der Waals surface area contributed by atoms with Crippen LogP contribution in [-0.2, 0) is 15.1 Å². The normalized spacial score (nSPS) is 16.3. The van der Waals surface area contributed by atoms with Crippen molar-refractivity contribution in [2.75, 3.05) is 25.0 Å². The van der Waals surface area contributed by atoms with Crippen molar-refractivity contribution in [2.45, 2.75) is 58.1 Å². The summed E-state index contributed by atoms with van der Waals surface area (Å²) in [6.07, 6.45) is -3.65. The number of hydrogen-bond donors (Lipinski definition) is 1. The molecule has 1 amide bonds. The maximum absolute atomic E-state index is 14.8. The topological polar surface area (TPSA) is 80.2 Å². The molecule has 2 aromatic heterocycles. The first-order chi connectivity index (χ1) is 18.0. The molecule has 1 aromatic carbocycles. The highest BCUT2D eigenvalue weighted by atomic mass is 19.3. The molecule has 1 atom stereocenters. The number of nitrogens with one attached hydrogen (secondary N) is 1. The largest absolute Gasteiger partial charge is 0.363 e. The number of rotatable bonds is 8. The summed E-state index contributed by atoms with van der Waals surface area (Å²) in [6, 6.07) is 4.71. The van der Waals surface area contributed by atoms with E-state index in [1.165, 1.54) is 25.3 Å². The lowest BCUT2D eigenvalue weighted by molar-refractivity contribution is -0.144. The van der Waals surface area contributed by atoms with Crippen molar-refractivity contribution in [3.05, 3.63) is 58.9 Å². The molecule has 1 N–H and O–H groups in total. The maximum Gasteiger partial charge on any atom is 0.266 e. The van der Waals surface area contributed by atoms with Crippen molar-refractivity contribution >= 4 is 22.6 Å². The Labute approximate surface area is 216 Å². The van der Waals surface area contributed by atoms with Crippen molar-refractivity contribution in [2.24, 2.45) is 0 Å². The SMILES string of the molecule is CC(=O)N1CCC(OCC(F)F)(c2cc3c(NC(C)c4cccc(C(F)F)c4F)nc(C)nc3cn2)CC1. The second-order valence-corrected chi connectivity index (χ2v) is 9.33. The molecule has 0 spiro atoms. The zero-order valence-electron chi connectivity index (χ0n) is 21.1. The average Bonchev–Trinajstić information content (AvgIpc) is 2.87. The molecule has 0 radical (unpaired) electrons. The highest BCUT2D eigenvalue weighted by Gasteiger charge is 2.40. The summed E-state index contributed by atoms with van der Waals surface area (Å²) in [5.74, 6) is -0.430. The molecule has 38 heavy (non-hydrogen) atoms. The van der Waals surface area contributed by atoms with E-state index in [1.54, 1.807) is 24.8 Å². The van der Waals surface area contributed by atoms with Gasteiger partial charge in [-0.2, -0.15) is 0 Å². The predicted molar refractivity (Wildman–Crippen MR) is 131 cm³/mol. The van der Waals surface area contributed by atoms with Gasteiger partial charge in [0.1, 0.15) is 29.7 Å². The van der Waals surface area contributed by atoms with E-state index < -0.39 is 42.5 Å². The Kier molecular flexibility index (Phi) is 8.10. The smallest absolute Gasteiger partial charge is 0.266 e. The lowest BCUT2D eigenvalue weighted by Gasteiger charge is -2.41. The molecule has 3 heterocycles. The van der Waals surface area contributed by atoms with E-state index in [2.05, 4.69) is 20.3 Å². The minimum Gasteiger partial charge on any atom is -0.363 e. The van der Waals surface area contributed by atoms with Crippen molar-refractivity contribution in [1.29, 1.82) is 0 Å². The number of aryl methyl sites for hydroxylation is 1. The first-order valence-electron chi connectivity index (χ1n) is 12.2. The van der Waals surface area contributed by atoms with Crippen LogP contribution in [0.5, 0.6) is 0 Å². The van der Waals surface area contributed by atoms with Crippen LogP contribution in [0.15, 0.2) is 30.5 Å². The number of nitrogens with zero attached hydrogens (tertiary/aromatic N) is 4. The zero-order chi connectivity index (χ0) is 27.6. The lowest BCUT2D eigenvalue weighted by Crippen LogP contribution is -2.46. The third kappa shape index (κ3) is 5.69. The summed E-state index contributed by atoms with van der Waals surface area (Å²) in [7, 11) is 0. The predicted octanol–water partition coefficient (Wildman–Crippen LogP) is 5.70. The maximum atomic E-state index is 14.8. The fourth-order valence-electron chi connectivity index (χ4n) is 4.74. The first-order valence-corrected chi connectivity index (χ1v) is 12.2. The highest BCUT2D eigenvalue weighted by Crippen LogP contribution is 2.38. The minimum absolute atomic E-state index is 0.0369. The number of aromatic nitrogens is 3. The second-order valence-electron chi connectivity index (χ2n) is 9.33. The number of fused-ring (bicyclic) bond motifs is 1. The van der Waals surface area contributed by atoms with Gasteiger partial charge in [0.25, 0.3) is 12.9 Å². The number of pyridine rings is 1. The van der Waals surface area contributed by atoms with Crippen LogP contribution < -0.4 is 5.32 Å². The average molecular weight is 538 g/mol. The van der Waals surface area contributed by atoms with Gasteiger partial charge in [0.2, 0.25) is 5.91 Å². The first kappa shape index (κ1) is 27.6. The summed E-state index contributed by atoms with van der Waals surface area (Å²) in [5.41, 5.74) is -0.996. The molecule has 0 aliphatic carbocycles. The number of piperidine rings is 1. The Morgan fingerprint density at radius 2 is 1.84 bits per heavy atom. The van der Waals surface area contributed by atoms with E-state index in [1.807, 2.05) is 0 Å². The number of halogens is 5. The molecule has 7 nitrogen and oxygen atoms in total. The Morgan fingerprint density at radius 1 is 1.16 bits per heavy atom. The molecule has 1 aliphatic heterocycles. The standard InChI is InChI=1S/C26H28F5N5O2/c1-14(17-5-4-6-18(23(17)29)24(30)31)33-25-19-11-21(32-12-20(19)34-15(2)35-25)26(38-13-22(27)28)7-9-36(10-8-26)16(3)37/h4-6,11-12,14,22,24H,7-10,13H2,1-3H3,(H,33,34,35). The molecule has 204 valence electrons. The van der Waals surface area contributed by atoms with Crippen molar-refractivity contribution in [3.63, 3.8) is 0 Å². The fourth-order valence-corrected chi connectivity index (χ4v) is 4.74. The van der Waals surface area contributed by atoms with Gasteiger partial charge in [-0.15, -0.1) is 0 Å². The van der Waals surface area contributed by atoms with Gasteiger partial charge in [-0.25, -0.2) is 31.9 Å². The molecule has 1 fully saturated rings. The van der Waals surface area contributed by atoms with E-state index in [9.17, 15) is 26.7 Å². The van der Waals surface area contributed by atoms with Crippen LogP contribution in [-0.4, -0.2) is 51.9 Å². The molecule has 3 aromatic rings. The van der Waals surface area contributed by atoms with Crippen molar-refractivity contribution in [3.8, 4) is 0 Å². The Balaban J connectivity index is 1.73. The van der Waals surface area contributed by atoms with Gasteiger partial charge in [-0.3, -0.25) is 9.78 Å². The van der Waals surface area contributed by atoms with E-state index in [0.29, 0.717) is 41.3 Å². The van der Waals surface area contributed by atoms with Gasteiger partial charge in [0, 0.05) is 31.0 Å². The molecule has 4 rings (SSSR count). The highest BCUT2D eigenvalue weighted by molar-refractivity contribution is 5.89. The van der Waals surface area contributed by atoms with E-state index in [-0.39, 0.29) is 24.3 Å². The Hall–Kier alpha value is -3.41. The number of ether oxygens (including phenoxy) is 1. The van der Waals surface area contributed by atoms with Gasteiger partial charge in [-0.1, -0.05) is 18.2 Å². The second kappa shape index (κ2) is 11.1. The number of carbonyl (C=O) groups is 1. The monoisotopic (exact) mass is 537 g/mol. The molecule has 0 bridgehead atoms. The number of benzene rings is 1. The summed E-state index contributed by atoms with van der Waals surface area (Å²) >= 11 is 0. The lowest BCUT2D eigenvalue weighted by atomic mass is 9.86. The quantitative estimate of drug-likeness (QED) is 0.371. The van der Waals surface area contributed by atoms with Gasteiger partial charge < -0.3 is 15.0 Å². The summed E-state index contributed by atoms with van der Waals surface area (Å²) in [6.45, 7) is 4.54. The van der Waals surface area contributed by atoms with Crippen LogP contribution in [0.2, 0.25) is 0 Å². The van der Waals surface area contributed by atoms with E-state index in [0.717, 1.165) is 6.07 Å². The van der Waals surface area contributed by atoms with Crippen molar-refractivity contribution in [1.82, 2.24) is 19.9 Å². The summed E-state index contributed by atoms with van der Waals surface area (Å²) in [5, 5.41) is 3.56. The van der Waals surface area contributed by atoms with Crippen LogP contribution in [0.1, 0.15) is 61.8 Å². The molecular weight excluding hydrogens is 509 g/mol. The van der Waals surface area contributed by atoms with Crippen LogP contribution >= 0.6 is 0 Å². The third-order valence-corrected chi connectivity index (χ3v) is 6.78. The summed E-state index contributed by atoms with van der Waals surface area (Å²) in [4.78, 5) is 26.7. The number of hydrogen-bond acceptors (Lipinski definition) is 6. The molecule has 1 unspecified atom stereocenters. The van der Waals surface area contributed by atoms with E-state index >= 15 is 0 Å². The third-order valence-electron chi connectivity index (χ3n) is 6.78. The molecule has 1 saturated heterocycles. The van der Waals surface area contributed by atoms with Gasteiger partial charge >= 0.3 is 0 Å². The van der Waals surface area contributed by atoms with Crippen LogP contribution in [0, 0.1) is 12.7 Å². The molecule has 12 heteroatoms.